The second-order valence-corrected chi connectivity index (χ2v) is 11.2. The normalized spacial score (nSPS) is 14.5. The van der Waals surface area contributed by atoms with E-state index in [1.165, 1.54) is 0 Å². The number of imide groups is 1. The molecule has 35 heavy (non-hydrogen) atoms. The summed E-state index contributed by atoms with van der Waals surface area (Å²) >= 11 is 11.1. The molecule has 0 unspecified atom stereocenters. The van der Waals surface area contributed by atoms with Gasteiger partial charge in [-0.15, -0.1) is 0 Å². The lowest BCUT2D eigenvalue weighted by molar-refractivity contribution is -0.127. The van der Waals surface area contributed by atoms with E-state index in [0.717, 1.165) is 40.7 Å². The van der Waals surface area contributed by atoms with Crippen molar-refractivity contribution in [2.75, 3.05) is 11.9 Å². The van der Waals surface area contributed by atoms with Crippen molar-refractivity contribution in [2.24, 2.45) is 0 Å². The van der Waals surface area contributed by atoms with Gasteiger partial charge < -0.3 is 10.1 Å². The number of carbonyl (C=O) groups is 3. The highest BCUT2D eigenvalue weighted by molar-refractivity contribution is 14.1. The van der Waals surface area contributed by atoms with E-state index in [-0.39, 0.29) is 11.4 Å². The van der Waals surface area contributed by atoms with Crippen LogP contribution in [-0.4, -0.2) is 28.5 Å². The topological polar surface area (TPSA) is 75.7 Å². The molecule has 3 aromatic carbocycles. The van der Waals surface area contributed by atoms with Crippen molar-refractivity contribution < 1.29 is 19.1 Å². The van der Waals surface area contributed by atoms with E-state index < -0.39 is 17.1 Å². The van der Waals surface area contributed by atoms with Crippen LogP contribution in [0.4, 0.5) is 10.5 Å². The number of thioether (sulfide) groups is 1. The highest BCUT2D eigenvalue weighted by Gasteiger charge is 2.36. The van der Waals surface area contributed by atoms with Crippen LogP contribution in [0.3, 0.4) is 0 Å². The molecule has 1 heterocycles. The minimum atomic E-state index is -0.504. The molecule has 0 aromatic heterocycles. The van der Waals surface area contributed by atoms with E-state index in [0.29, 0.717) is 17.3 Å². The summed E-state index contributed by atoms with van der Waals surface area (Å²) in [6, 6.07) is 20.3. The number of hydrogen-bond donors (Lipinski definition) is 1. The third kappa shape index (κ3) is 6.78. The van der Waals surface area contributed by atoms with E-state index in [4.69, 9.17) is 16.3 Å². The Morgan fingerprint density at radius 3 is 2.43 bits per heavy atom. The highest BCUT2D eigenvalue weighted by Crippen LogP contribution is 2.35. The molecule has 0 saturated carbocycles. The summed E-state index contributed by atoms with van der Waals surface area (Å²) in [6.07, 6.45) is 1.66. The Hall–Kier alpha value is -2.09. The Morgan fingerprint density at radius 1 is 1.03 bits per heavy atom. The van der Waals surface area contributed by atoms with Gasteiger partial charge in [-0.1, -0.05) is 48.0 Å². The Kier molecular flexibility index (Phi) is 8.73. The van der Waals surface area contributed by atoms with E-state index in [2.05, 4.69) is 50.5 Å². The minimum Gasteiger partial charge on any atom is -0.487 e. The van der Waals surface area contributed by atoms with Crippen LogP contribution in [-0.2, 0) is 16.2 Å². The first kappa shape index (κ1) is 26.0. The number of benzene rings is 3. The number of rotatable bonds is 7. The lowest BCUT2D eigenvalue weighted by Crippen LogP contribution is -2.36. The molecule has 1 aliphatic rings. The predicted molar refractivity (Wildman–Crippen MR) is 155 cm³/mol. The molecular weight excluding hydrogens is 714 g/mol. The maximum atomic E-state index is 12.8. The maximum Gasteiger partial charge on any atom is 0.294 e. The number of halogens is 3. The molecule has 4 rings (SSSR count). The first-order valence-electron chi connectivity index (χ1n) is 10.3. The molecular formula is C25H17ClI2N2O4S. The molecule has 3 amide bonds. The van der Waals surface area contributed by atoms with Crippen molar-refractivity contribution in [3.63, 3.8) is 0 Å². The molecule has 6 nitrogen and oxygen atoms in total. The molecule has 0 radical (unpaired) electrons. The van der Waals surface area contributed by atoms with Crippen molar-refractivity contribution in [3.05, 3.63) is 94.9 Å². The van der Waals surface area contributed by atoms with Crippen molar-refractivity contribution in [2.45, 2.75) is 6.61 Å². The van der Waals surface area contributed by atoms with Crippen molar-refractivity contribution >= 4 is 97.4 Å². The van der Waals surface area contributed by atoms with Gasteiger partial charge in [-0.3, -0.25) is 19.3 Å². The summed E-state index contributed by atoms with van der Waals surface area (Å²) in [5.74, 6) is -0.228. The van der Waals surface area contributed by atoms with Crippen LogP contribution >= 0.6 is 68.5 Å². The number of anilines is 1. The molecule has 0 aliphatic carbocycles. The average molecular weight is 731 g/mol. The van der Waals surface area contributed by atoms with Crippen LogP contribution in [0.5, 0.6) is 5.75 Å². The summed E-state index contributed by atoms with van der Waals surface area (Å²) in [6.45, 7) is 0.0676. The molecule has 3 aromatic rings. The number of nitrogens with one attached hydrogen (secondary N) is 1. The zero-order valence-corrected chi connectivity index (χ0v) is 23.9. The molecule has 178 valence electrons. The Bertz CT molecular complexity index is 1310. The van der Waals surface area contributed by atoms with Crippen LogP contribution < -0.4 is 10.1 Å². The van der Waals surface area contributed by atoms with E-state index in [9.17, 15) is 14.4 Å². The molecule has 1 saturated heterocycles. The highest BCUT2D eigenvalue weighted by atomic mass is 127. The fraction of sp³-hybridized carbons (Fsp3) is 0.0800. The van der Waals surface area contributed by atoms with Crippen LogP contribution in [0.1, 0.15) is 11.1 Å². The summed E-state index contributed by atoms with van der Waals surface area (Å²) in [7, 11) is 0. The van der Waals surface area contributed by atoms with E-state index in [1.807, 2.05) is 42.5 Å². The molecule has 0 bridgehead atoms. The number of hydrogen-bond acceptors (Lipinski definition) is 5. The Morgan fingerprint density at radius 2 is 1.74 bits per heavy atom. The second-order valence-electron chi connectivity index (χ2n) is 7.41. The molecule has 10 heteroatoms. The van der Waals surface area contributed by atoms with Gasteiger partial charge >= 0.3 is 0 Å². The first-order chi connectivity index (χ1) is 16.8. The number of nitrogens with zero attached hydrogens (tertiary/aromatic N) is 1. The monoisotopic (exact) mass is 730 g/mol. The average Bonchev–Trinajstić information content (AvgIpc) is 3.06. The van der Waals surface area contributed by atoms with Gasteiger partial charge in [0, 0.05) is 10.7 Å². The zero-order chi connectivity index (χ0) is 24.9. The van der Waals surface area contributed by atoms with Crippen LogP contribution in [0.25, 0.3) is 6.08 Å². The van der Waals surface area contributed by atoms with Crippen LogP contribution in [0.15, 0.2) is 71.6 Å². The summed E-state index contributed by atoms with van der Waals surface area (Å²) in [5.41, 5.74) is 2.32. The largest absolute Gasteiger partial charge is 0.487 e. The SMILES string of the molecule is O=C(CN1C(=O)S/C(=C/c2cc(I)c(OCc3ccccc3)c(I)c2)C1=O)Nc1cccc(Cl)c1. The standard InChI is InChI=1S/C25H17ClI2N2O4S/c26-17-7-4-8-18(12-17)29-22(31)13-30-24(32)21(35-25(30)33)11-16-9-19(27)23(20(28)10-16)34-14-15-5-2-1-3-6-15/h1-12H,13-14H2,(H,29,31)/b21-11+. The van der Waals surface area contributed by atoms with E-state index in [1.54, 1.807) is 30.3 Å². The molecule has 0 atom stereocenters. The molecule has 1 fully saturated rings. The van der Waals surface area contributed by atoms with Gasteiger partial charge in [-0.2, -0.15) is 0 Å². The van der Waals surface area contributed by atoms with Gasteiger partial charge in [0.1, 0.15) is 18.9 Å². The lowest BCUT2D eigenvalue weighted by atomic mass is 10.2. The lowest BCUT2D eigenvalue weighted by Gasteiger charge is -2.13. The van der Waals surface area contributed by atoms with Crippen LogP contribution in [0, 0.1) is 7.14 Å². The quantitative estimate of drug-likeness (QED) is 0.214. The van der Waals surface area contributed by atoms with Gasteiger partial charge in [0.25, 0.3) is 11.1 Å². The first-order valence-corrected chi connectivity index (χ1v) is 13.6. The summed E-state index contributed by atoms with van der Waals surface area (Å²) in [5, 5.41) is 2.63. The number of carbonyl (C=O) groups excluding carboxylic acids is 3. The predicted octanol–water partition coefficient (Wildman–Crippen LogP) is 6.80. The van der Waals surface area contributed by atoms with Gasteiger partial charge in [-0.25, -0.2) is 0 Å². The van der Waals surface area contributed by atoms with Gasteiger partial charge in [0.2, 0.25) is 5.91 Å². The fourth-order valence-electron chi connectivity index (χ4n) is 3.23. The van der Waals surface area contributed by atoms with Crippen LogP contribution in [0.2, 0.25) is 5.02 Å². The number of ether oxygens (including phenoxy) is 1. The maximum absolute atomic E-state index is 12.8. The van der Waals surface area contributed by atoms with Crippen molar-refractivity contribution in [1.29, 1.82) is 0 Å². The second kappa shape index (κ2) is 11.8. The molecule has 1 N–H and O–H groups in total. The third-order valence-corrected chi connectivity index (χ3v) is 7.57. The third-order valence-electron chi connectivity index (χ3n) is 4.83. The summed E-state index contributed by atoms with van der Waals surface area (Å²) in [4.78, 5) is 38.9. The Labute approximate surface area is 238 Å². The number of amides is 3. The van der Waals surface area contributed by atoms with Gasteiger partial charge in [0.15, 0.2) is 0 Å². The fourth-order valence-corrected chi connectivity index (χ4v) is 6.38. The summed E-state index contributed by atoms with van der Waals surface area (Å²) < 4.78 is 7.78. The molecule has 0 spiro atoms. The van der Waals surface area contributed by atoms with Crippen molar-refractivity contribution in [1.82, 2.24) is 4.90 Å². The smallest absolute Gasteiger partial charge is 0.294 e. The van der Waals surface area contributed by atoms with Crippen molar-refractivity contribution in [3.8, 4) is 5.75 Å². The Balaban J connectivity index is 1.44. The van der Waals surface area contributed by atoms with Gasteiger partial charge in [-0.05, 0) is 104 Å². The molecule has 1 aliphatic heterocycles. The van der Waals surface area contributed by atoms with E-state index >= 15 is 0 Å². The van der Waals surface area contributed by atoms with Gasteiger partial charge in [0.05, 0.1) is 12.0 Å². The minimum absolute atomic E-state index is 0.259. The zero-order valence-electron chi connectivity index (χ0n) is 18.0.